The first-order valence-electron chi connectivity index (χ1n) is 11.6. The second-order valence-corrected chi connectivity index (χ2v) is 10.8. The highest BCUT2D eigenvalue weighted by Gasteiger charge is 2.37. The van der Waals surface area contributed by atoms with Gasteiger partial charge >= 0.3 is 0 Å². The van der Waals surface area contributed by atoms with Crippen LogP contribution in [0.5, 0.6) is 5.75 Å². The Hall–Kier alpha value is -3.04. The van der Waals surface area contributed by atoms with E-state index < -0.39 is 0 Å². The molecule has 0 aliphatic carbocycles. The van der Waals surface area contributed by atoms with Gasteiger partial charge < -0.3 is 14.2 Å². The van der Waals surface area contributed by atoms with Crippen LogP contribution in [0.1, 0.15) is 60.8 Å². The Morgan fingerprint density at radius 3 is 2.61 bits per heavy atom. The zero-order chi connectivity index (χ0) is 23.3. The predicted octanol–water partition coefficient (Wildman–Crippen LogP) is 5.90. The Kier molecular flexibility index (Phi) is 5.33. The molecule has 2 aliphatic rings. The molecule has 3 aromatic rings. The van der Waals surface area contributed by atoms with E-state index in [1.165, 1.54) is 16.0 Å². The van der Waals surface area contributed by atoms with Crippen LogP contribution in [0.4, 0.5) is 0 Å². The lowest BCUT2D eigenvalue weighted by Gasteiger charge is -2.37. The van der Waals surface area contributed by atoms with Crippen molar-refractivity contribution in [3.05, 3.63) is 52.0 Å². The average Bonchev–Trinajstić information content (AvgIpc) is 3.41. The van der Waals surface area contributed by atoms with Crippen LogP contribution in [-0.2, 0) is 19.4 Å². The molecule has 1 amide bonds. The number of hydrogen-bond acceptors (Lipinski definition) is 4. The molecule has 6 heteroatoms. The van der Waals surface area contributed by atoms with Gasteiger partial charge in [0.25, 0.3) is 5.91 Å². The average molecular weight is 460 g/mol. The third-order valence-corrected chi connectivity index (χ3v) is 7.74. The number of amides is 1. The number of nitriles is 1. The summed E-state index contributed by atoms with van der Waals surface area (Å²) in [7, 11) is 1.61. The van der Waals surface area contributed by atoms with Gasteiger partial charge in [0.1, 0.15) is 17.5 Å². The lowest BCUT2D eigenvalue weighted by molar-refractivity contribution is 0.0559. The number of rotatable bonds is 2. The zero-order valence-electron chi connectivity index (χ0n) is 19.7. The third kappa shape index (κ3) is 3.46. The van der Waals surface area contributed by atoms with E-state index in [0.29, 0.717) is 11.3 Å². The molecule has 2 aliphatic heterocycles. The van der Waals surface area contributed by atoms with Crippen molar-refractivity contribution in [2.24, 2.45) is 0 Å². The van der Waals surface area contributed by atoms with E-state index in [1.807, 2.05) is 17.0 Å². The van der Waals surface area contributed by atoms with E-state index in [9.17, 15) is 10.1 Å². The zero-order valence-corrected chi connectivity index (χ0v) is 20.5. The number of methoxy groups -OCH3 is 1. The molecule has 0 fully saturated rings. The number of benzene rings is 1. The second-order valence-electron chi connectivity index (χ2n) is 9.84. The SMILES string of the molecule is COc1cc2c(cc1C#N)-c1c(-c3cccs3)c3c(n1CC2)C(=O)N(C(C)(C)C)CCCC3. The quantitative estimate of drug-likeness (QED) is 0.480. The summed E-state index contributed by atoms with van der Waals surface area (Å²) in [6.45, 7) is 7.88. The summed E-state index contributed by atoms with van der Waals surface area (Å²) in [5.41, 5.74) is 6.74. The smallest absolute Gasteiger partial charge is 0.271 e. The number of thiophene rings is 1. The van der Waals surface area contributed by atoms with Gasteiger partial charge in [-0.25, -0.2) is 0 Å². The van der Waals surface area contributed by atoms with Crippen molar-refractivity contribution < 1.29 is 9.53 Å². The van der Waals surface area contributed by atoms with Crippen LogP contribution in [0.15, 0.2) is 29.6 Å². The molecule has 33 heavy (non-hydrogen) atoms. The van der Waals surface area contributed by atoms with Crippen molar-refractivity contribution in [2.45, 2.75) is 58.5 Å². The fourth-order valence-corrected chi connectivity index (χ4v) is 6.13. The summed E-state index contributed by atoms with van der Waals surface area (Å²) < 4.78 is 7.73. The summed E-state index contributed by atoms with van der Waals surface area (Å²) in [6, 6.07) is 10.5. The second kappa shape index (κ2) is 8.07. The summed E-state index contributed by atoms with van der Waals surface area (Å²) in [5.74, 6) is 0.737. The molecule has 0 N–H and O–H groups in total. The van der Waals surface area contributed by atoms with Crippen molar-refractivity contribution in [1.29, 1.82) is 5.26 Å². The number of ether oxygens (including phenoxy) is 1. The van der Waals surface area contributed by atoms with Crippen LogP contribution in [0.2, 0.25) is 0 Å². The molecule has 0 spiro atoms. The maximum absolute atomic E-state index is 14.1. The topological polar surface area (TPSA) is 58.3 Å². The van der Waals surface area contributed by atoms with Gasteiger partial charge in [-0.05, 0) is 81.2 Å². The van der Waals surface area contributed by atoms with Gasteiger partial charge in [-0.2, -0.15) is 5.26 Å². The van der Waals surface area contributed by atoms with Crippen molar-refractivity contribution in [3.8, 4) is 33.5 Å². The standard InChI is InChI=1S/C27H29N3O2S/c1-27(2,3)30-11-6-5-8-19-23(22-9-7-13-33-22)24-20-14-18(16-28)21(32-4)15-17(20)10-12-29(24)25(19)26(30)31/h7,9,13-15H,5-6,8,10-12H2,1-4H3. The normalized spacial score (nSPS) is 15.7. The van der Waals surface area contributed by atoms with Gasteiger partial charge in [-0.15, -0.1) is 11.3 Å². The molecule has 170 valence electrons. The van der Waals surface area contributed by atoms with Crippen LogP contribution in [0.3, 0.4) is 0 Å². The van der Waals surface area contributed by atoms with Crippen LogP contribution >= 0.6 is 11.3 Å². The lowest BCUT2D eigenvalue weighted by Crippen LogP contribution is -2.47. The Morgan fingerprint density at radius 2 is 1.94 bits per heavy atom. The van der Waals surface area contributed by atoms with E-state index >= 15 is 0 Å². The van der Waals surface area contributed by atoms with Crippen LogP contribution in [0.25, 0.3) is 21.7 Å². The van der Waals surface area contributed by atoms with Gasteiger partial charge in [0, 0.05) is 34.6 Å². The van der Waals surface area contributed by atoms with Crippen LogP contribution < -0.4 is 4.74 Å². The van der Waals surface area contributed by atoms with E-state index in [0.717, 1.165) is 61.3 Å². The summed E-state index contributed by atoms with van der Waals surface area (Å²) in [4.78, 5) is 17.3. The Labute approximate surface area is 199 Å². The molecule has 2 aromatic heterocycles. The van der Waals surface area contributed by atoms with Crippen molar-refractivity contribution in [2.75, 3.05) is 13.7 Å². The highest BCUT2D eigenvalue weighted by atomic mass is 32.1. The molecule has 1 aromatic carbocycles. The van der Waals surface area contributed by atoms with Gasteiger partial charge in [0.05, 0.1) is 18.4 Å². The van der Waals surface area contributed by atoms with Gasteiger partial charge in [-0.1, -0.05) is 6.07 Å². The fourth-order valence-electron chi connectivity index (χ4n) is 5.33. The monoisotopic (exact) mass is 459 g/mol. The Balaban J connectivity index is 1.83. The first-order valence-corrected chi connectivity index (χ1v) is 12.5. The Morgan fingerprint density at radius 1 is 1.12 bits per heavy atom. The molecule has 0 radical (unpaired) electrons. The minimum Gasteiger partial charge on any atom is -0.495 e. The molecule has 0 atom stereocenters. The largest absolute Gasteiger partial charge is 0.495 e. The van der Waals surface area contributed by atoms with E-state index in [1.54, 1.807) is 18.4 Å². The van der Waals surface area contributed by atoms with Crippen LogP contribution in [-0.4, -0.2) is 34.6 Å². The Bertz CT molecular complexity index is 1270. The molecule has 0 unspecified atom stereocenters. The van der Waals surface area contributed by atoms with E-state index in [-0.39, 0.29) is 11.4 Å². The third-order valence-electron chi connectivity index (χ3n) is 6.85. The number of carbonyl (C=O) groups excluding carboxylic acids is 1. The van der Waals surface area contributed by atoms with Gasteiger partial charge in [0.2, 0.25) is 0 Å². The van der Waals surface area contributed by atoms with Crippen LogP contribution in [0, 0.1) is 11.3 Å². The first kappa shape index (κ1) is 21.8. The highest BCUT2D eigenvalue weighted by Crippen LogP contribution is 2.47. The molecule has 5 nitrogen and oxygen atoms in total. The number of aryl methyl sites for hydroxylation is 1. The molecule has 5 rings (SSSR count). The minimum absolute atomic E-state index is 0.124. The number of nitrogens with zero attached hydrogens (tertiary/aromatic N) is 3. The fraction of sp³-hybridized carbons (Fsp3) is 0.407. The highest BCUT2D eigenvalue weighted by molar-refractivity contribution is 7.13. The minimum atomic E-state index is -0.243. The number of hydrogen-bond donors (Lipinski definition) is 0. The molecule has 0 saturated heterocycles. The molecule has 4 heterocycles. The maximum atomic E-state index is 14.1. The molecule has 0 bridgehead atoms. The van der Waals surface area contributed by atoms with E-state index in [4.69, 9.17) is 4.74 Å². The summed E-state index contributed by atoms with van der Waals surface area (Å²) in [5, 5.41) is 11.9. The number of aromatic nitrogens is 1. The predicted molar refractivity (Wildman–Crippen MR) is 132 cm³/mol. The number of carbonyl (C=O) groups is 1. The summed E-state index contributed by atoms with van der Waals surface area (Å²) >= 11 is 1.71. The first-order chi connectivity index (χ1) is 15.8. The van der Waals surface area contributed by atoms with E-state index in [2.05, 4.69) is 48.9 Å². The maximum Gasteiger partial charge on any atom is 0.271 e. The lowest BCUT2D eigenvalue weighted by atomic mass is 9.91. The van der Waals surface area contributed by atoms with Crippen molar-refractivity contribution in [3.63, 3.8) is 0 Å². The van der Waals surface area contributed by atoms with Crippen molar-refractivity contribution >= 4 is 17.2 Å². The van der Waals surface area contributed by atoms with Gasteiger partial charge in [0.15, 0.2) is 0 Å². The van der Waals surface area contributed by atoms with Crippen molar-refractivity contribution in [1.82, 2.24) is 9.47 Å². The van der Waals surface area contributed by atoms with Gasteiger partial charge in [-0.3, -0.25) is 4.79 Å². The molecular weight excluding hydrogens is 430 g/mol. The summed E-state index contributed by atoms with van der Waals surface area (Å²) in [6.07, 6.45) is 3.74. The molecule has 0 saturated carbocycles. The number of fused-ring (bicyclic) bond motifs is 5. The molecular formula is C27H29N3O2S.